The van der Waals surface area contributed by atoms with Crippen LogP contribution in [0.1, 0.15) is 183 Å². The SMILES string of the molecule is C=CCOC(=O)N[C@@H](C(=O)N[C@H](C)C(=O)Cc1ccc(COC(=O)Nc2cc(OCCCCCOc3cc(NC(=O)OCc4ccc(CC(=O)[C@@H](C)NC(=O)[C@H](CC(=O)CCOCCOC)C(C)C)cc4)c(C(=O)N4C=C(C)C[C@H]4CO[Si](C)(C)C(C)(C)C)cc3C)c(OC)cc2C(=O)N2C=C(C)C[C@H]2CC)cc1)C(C)C. The lowest BCUT2D eigenvalue weighted by Crippen LogP contribution is -2.53. The molecule has 0 spiro atoms. The van der Waals surface area contributed by atoms with E-state index in [1.54, 1.807) is 117 Å². The lowest BCUT2D eigenvalue weighted by atomic mass is 9.88. The average Bonchev–Trinajstić information content (AvgIpc) is 1.47. The zero-order valence-electron chi connectivity index (χ0n) is 68.6. The largest absolute Gasteiger partial charge is 0.493 e. The van der Waals surface area contributed by atoms with Gasteiger partial charge in [-0.3, -0.25) is 44.2 Å². The number of anilines is 2. The van der Waals surface area contributed by atoms with Gasteiger partial charge in [0, 0.05) is 69.3 Å². The third kappa shape index (κ3) is 27.9. The summed E-state index contributed by atoms with van der Waals surface area (Å²) in [5.74, 6) is -2.32. The predicted molar refractivity (Wildman–Crippen MR) is 431 cm³/mol. The topological polar surface area (TPSA) is 320 Å². The van der Waals surface area contributed by atoms with Crippen molar-refractivity contribution in [3.63, 3.8) is 0 Å². The number of methoxy groups -OCH3 is 2. The molecular weight excluding hydrogens is 1450 g/mol. The smallest absolute Gasteiger partial charge is 0.411 e. The number of carbonyl (C=O) groups is 10. The van der Waals surface area contributed by atoms with Gasteiger partial charge in [-0.25, -0.2) is 14.4 Å². The normalized spacial score (nSPS) is 15.2. The molecule has 0 fully saturated rings. The summed E-state index contributed by atoms with van der Waals surface area (Å²) in [4.78, 5) is 138. The monoisotopic (exact) mass is 1570 g/mol. The molecule has 7 amide bonds. The zero-order valence-corrected chi connectivity index (χ0v) is 69.6. The van der Waals surface area contributed by atoms with Crippen molar-refractivity contribution in [3.8, 4) is 17.2 Å². The minimum atomic E-state index is -2.21. The van der Waals surface area contributed by atoms with Crippen molar-refractivity contribution in [2.45, 2.75) is 216 Å². The second kappa shape index (κ2) is 43.9. The van der Waals surface area contributed by atoms with Crippen LogP contribution < -0.4 is 40.8 Å². The molecule has 0 radical (unpaired) electrons. The second-order valence-electron chi connectivity index (χ2n) is 31.0. The highest BCUT2D eigenvalue weighted by atomic mass is 28.4. The van der Waals surface area contributed by atoms with Gasteiger partial charge in [0.2, 0.25) is 11.8 Å². The van der Waals surface area contributed by atoms with Crippen molar-refractivity contribution in [1.82, 2.24) is 25.8 Å². The summed E-state index contributed by atoms with van der Waals surface area (Å²) in [6.07, 6.45) is 6.56. The van der Waals surface area contributed by atoms with Crippen LogP contribution in [0.3, 0.4) is 0 Å². The third-order valence-corrected chi connectivity index (χ3v) is 24.7. The first-order chi connectivity index (χ1) is 53.1. The molecule has 0 saturated heterocycles. The van der Waals surface area contributed by atoms with Gasteiger partial charge in [0.05, 0.1) is 87.4 Å². The number of benzene rings is 4. The summed E-state index contributed by atoms with van der Waals surface area (Å²) in [5.41, 5.74) is 5.91. The molecule has 112 heavy (non-hydrogen) atoms. The highest BCUT2D eigenvalue weighted by Crippen LogP contribution is 2.40. The molecule has 5 N–H and O–H groups in total. The Balaban J connectivity index is 1.09. The van der Waals surface area contributed by atoms with E-state index in [1.807, 2.05) is 53.9 Å². The first-order valence-corrected chi connectivity index (χ1v) is 41.6. The van der Waals surface area contributed by atoms with Crippen molar-refractivity contribution in [2.24, 2.45) is 17.8 Å². The lowest BCUT2D eigenvalue weighted by Gasteiger charge is -2.38. The number of amides is 7. The number of rotatable bonds is 44. The van der Waals surface area contributed by atoms with Crippen LogP contribution in [0.5, 0.6) is 17.2 Å². The molecule has 27 heteroatoms. The van der Waals surface area contributed by atoms with Gasteiger partial charge in [-0.15, -0.1) is 0 Å². The van der Waals surface area contributed by atoms with Crippen LogP contribution in [0.2, 0.25) is 18.1 Å². The van der Waals surface area contributed by atoms with Gasteiger partial charge in [-0.2, -0.15) is 0 Å². The van der Waals surface area contributed by atoms with Gasteiger partial charge in [0.1, 0.15) is 37.4 Å². The Bertz CT molecular complexity index is 3980. The van der Waals surface area contributed by atoms with Crippen LogP contribution in [0.25, 0.3) is 0 Å². The number of hydrogen-bond donors (Lipinski definition) is 5. The van der Waals surface area contributed by atoms with E-state index >= 15 is 0 Å². The van der Waals surface area contributed by atoms with Crippen LogP contribution >= 0.6 is 0 Å². The molecule has 612 valence electrons. The Morgan fingerprint density at radius 1 is 0.580 bits per heavy atom. The van der Waals surface area contributed by atoms with Crippen molar-refractivity contribution in [2.75, 3.05) is 71.1 Å². The number of unbranched alkanes of at least 4 members (excludes halogenated alkanes) is 2. The molecule has 26 nitrogen and oxygen atoms in total. The zero-order chi connectivity index (χ0) is 82.6. The first kappa shape index (κ1) is 91.2. The van der Waals surface area contributed by atoms with E-state index in [4.69, 9.17) is 42.3 Å². The van der Waals surface area contributed by atoms with Crippen molar-refractivity contribution in [3.05, 3.63) is 148 Å². The van der Waals surface area contributed by atoms with Crippen LogP contribution in [0.15, 0.2) is 109 Å². The molecule has 0 unspecified atom stereocenters. The van der Waals surface area contributed by atoms with Crippen LogP contribution in [0, 0.1) is 24.7 Å². The molecule has 0 bridgehead atoms. The van der Waals surface area contributed by atoms with Gasteiger partial charge >= 0.3 is 18.3 Å². The molecule has 6 atom stereocenters. The number of Topliss-reactive ketones (excluding diaryl/α,β-unsaturated/α-hetero) is 3. The third-order valence-electron chi connectivity index (χ3n) is 20.2. The van der Waals surface area contributed by atoms with Crippen LogP contribution in [-0.2, 0) is 78.1 Å². The van der Waals surface area contributed by atoms with E-state index in [9.17, 15) is 47.9 Å². The van der Waals surface area contributed by atoms with Gasteiger partial charge in [0.15, 0.2) is 31.4 Å². The maximum Gasteiger partial charge on any atom is 0.411 e. The number of nitrogens with one attached hydrogen (secondary N) is 5. The molecule has 4 aromatic carbocycles. The average molecular weight is 1570 g/mol. The van der Waals surface area contributed by atoms with Crippen molar-refractivity contribution < 1.29 is 90.3 Å². The fourth-order valence-electron chi connectivity index (χ4n) is 12.3. The fourth-order valence-corrected chi connectivity index (χ4v) is 13.3. The number of nitrogens with zero attached hydrogens (tertiary/aromatic N) is 2. The highest BCUT2D eigenvalue weighted by molar-refractivity contribution is 6.74. The minimum Gasteiger partial charge on any atom is -0.493 e. The second-order valence-corrected chi connectivity index (χ2v) is 35.8. The van der Waals surface area contributed by atoms with E-state index in [-0.39, 0.29) is 163 Å². The van der Waals surface area contributed by atoms with Crippen LogP contribution in [0.4, 0.5) is 25.8 Å². The van der Waals surface area contributed by atoms with E-state index in [1.165, 1.54) is 13.2 Å². The Kier molecular flexibility index (Phi) is 35.8. The number of hydrogen-bond acceptors (Lipinski definition) is 19. The number of ether oxygens (including phenoxy) is 8. The molecule has 2 heterocycles. The molecule has 2 aliphatic heterocycles. The lowest BCUT2D eigenvalue weighted by molar-refractivity contribution is -0.133. The molecule has 0 saturated carbocycles. The minimum absolute atomic E-state index is 0.0107. The van der Waals surface area contributed by atoms with Crippen molar-refractivity contribution in [1.29, 1.82) is 0 Å². The highest BCUT2D eigenvalue weighted by Gasteiger charge is 2.40. The van der Waals surface area contributed by atoms with E-state index in [0.717, 1.165) is 11.1 Å². The molecule has 2 aliphatic rings. The van der Waals surface area contributed by atoms with Crippen molar-refractivity contribution >= 4 is 79.0 Å². The van der Waals surface area contributed by atoms with Gasteiger partial charge in [0.25, 0.3) is 11.8 Å². The molecular formula is C85H119N7O19Si. The molecule has 6 rings (SSSR count). The summed E-state index contributed by atoms with van der Waals surface area (Å²) >= 11 is 0. The standard InChI is InChI=1S/C85H119N7O19Si/c1-19-33-108-84(102)90-77(54(5)6)79(97)87-59(11)73(95)43-61-26-30-63(31-27-61)51-110-83(101)89-71-47-76(75(104-16)45-69(71)81(99)91-48-55(7)39-64(91)20-2)107-35-23-21-22-34-106-74-46-70(68(41-57(74)9)80(98)92-49-56(8)40-65(92)52-111-112(17,18)85(12,13)14)88-82(100)109-50-62-28-24-60(25-29-62)42-72(94)58(10)86-78(96)67(53(3)4)44-66(93)32-36-105-38-37-103-15/h19,24-31,41,45-49,53-54,58-59,64-65,67,77H,1,20-23,32-40,42-44,50-52H2,2-18H3,(H,86,96)(H,87,97)(H,88,100)(H,89,101)(H,90,102)/t58-,59-,64-,65+,67-,77-/m1/s1. The summed E-state index contributed by atoms with van der Waals surface area (Å²) in [6.45, 7) is 34.0. The summed E-state index contributed by atoms with van der Waals surface area (Å²) in [6, 6.07) is 17.2. The Morgan fingerprint density at radius 2 is 1.08 bits per heavy atom. The Hall–Kier alpha value is -9.70. The Morgan fingerprint density at radius 3 is 1.58 bits per heavy atom. The molecule has 0 aliphatic carbocycles. The number of alkyl carbamates (subject to hydrolysis) is 1. The van der Waals surface area contributed by atoms with Crippen LogP contribution in [-0.4, -0.2) is 168 Å². The summed E-state index contributed by atoms with van der Waals surface area (Å²) in [7, 11) is 0.821. The fraction of sp³-hybridized carbons (Fsp3) is 0.529. The van der Waals surface area contributed by atoms with Gasteiger partial charge in [-0.05, 0) is 143 Å². The molecule has 0 aromatic heterocycles. The first-order valence-electron chi connectivity index (χ1n) is 38.6. The van der Waals surface area contributed by atoms with Gasteiger partial charge in [-0.1, -0.05) is 128 Å². The molecule has 4 aromatic rings. The quantitative estimate of drug-likeness (QED) is 0.0119. The summed E-state index contributed by atoms with van der Waals surface area (Å²) in [5, 5.41) is 13.6. The van der Waals surface area contributed by atoms with E-state index in [2.05, 4.69) is 67.0 Å². The summed E-state index contributed by atoms with van der Waals surface area (Å²) < 4.78 is 52.0. The number of carbonyl (C=O) groups excluding carboxylic acids is 10. The van der Waals surface area contributed by atoms with E-state index < -0.39 is 56.5 Å². The maximum absolute atomic E-state index is 14.9. The number of ketones is 3. The van der Waals surface area contributed by atoms with Gasteiger partial charge < -0.3 is 68.1 Å². The number of aryl methyl sites for hydroxylation is 1. The Labute approximate surface area is 661 Å². The predicted octanol–water partition coefficient (Wildman–Crippen LogP) is 14.3. The van der Waals surface area contributed by atoms with E-state index in [0.29, 0.717) is 91.9 Å². The maximum atomic E-state index is 14.9.